The van der Waals surface area contributed by atoms with Gasteiger partial charge in [0, 0.05) is 28.9 Å². The minimum Gasteiger partial charge on any atom is -0.443 e. The summed E-state index contributed by atoms with van der Waals surface area (Å²) in [6.45, 7) is 0.627. The number of carbonyl (C=O) groups is 1. The molecule has 5 nitrogen and oxygen atoms in total. The Kier molecular flexibility index (Phi) is 4.79. The summed E-state index contributed by atoms with van der Waals surface area (Å²) < 4.78 is 19.5. The van der Waals surface area contributed by atoms with Crippen LogP contribution in [0.4, 0.5) is 4.39 Å². The van der Waals surface area contributed by atoms with Gasteiger partial charge in [-0.2, -0.15) is 0 Å². The molecule has 5 rings (SSSR count). The Balaban J connectivity index is 1.36. The number of hydrogen-bond acceptors (Lipinski definition) is 3. The first-order valence-corrected chi connectivity index (χ1v) is 10.2. The van der Waals surface area contributed by atoms with Crippen molar-refractivity contribution in [2.75, 3.05) is 6.54 Å². The van der Waals surface area contributed by atoms with Gasteiger partial charge in [0.1, 0.15) is 23.3 Å². The molecular weight excluding hydrogens is 405 g/mol. The summed E-state index contributed by atoms with van der Waals surface area (Å²) in [7, 11) is 0. The van der Waals surface area contributed by atoms with Crippen molar-refractivity contribution in [1.82, 2.24) is 14.9 Å². The largest absolute Gasteiger partial charge is 0.443 e. The van der Waals surface area contributed by atoms with Crippen LogP contribution in [-0.2, 0) is 6.42 Å². The molecule has 30 heavy (non-hydrogen) atoms. The average Bonchev–Trinajstić information content (AvgIpc) is 3.47. The number of aromatic amines is 1. The molecule has 152 valence electrons. The molecule has 0 radical (unpaired) electrons. The van der Waals surface area contributed by atoms with E-state index in [1.807, 2.05) is 24.3 Å². The van der Waals surface area contributed by atoms with E-state index >= 15 is 0 Å². The molecule has 2 aromatic heterocycles. The Hall–Kier alpha value is -3.12. The van der Waals surface area contributed by atoms with Gasteiger partial charge in [0.2, 0.25) is 5.89 Å². The number of amides is 1. The molecule has 1 aliphatic rings. The number of benzene rings is 2. The van der Waals surface area contributed by atoms with Crippen LogP contribution in [0.15, 0.2) is 59.1 Å². The highest BCUT2D eigenvalue weighted by atomic mass is 35.5. The molecule has 1 aliphatic heterocycles. The molecule has 0 unspecified atom stereocenters. The predicted octanol–water partition coefficient (Wildman–Crippen LogP) is 5.52. The van der Waals surface area contributed by atoms with Gasteiger partial charge in [-0.15, -0.1) is 0 Å². The van der Waals surface area contributed by atoms with E-state index in [2.05, 4.69) is 9.97 Å². The summed E-state index contributed by atoms with van der Waals surface area (Å²) in [4.78, 5) is 22.4. The quantitative estimate of drug-likeness (QED) is 0.470. The Morgan fingerprint density at radius 2 is 2.07 bits per heavy atom. The van der Waals surface area contributed by atoms with Crippen molar-refractivity contribution in [2.45, 2.75) is 25.3 Å². The summed E-state index contributed by atoms with van der Waals surface area (Å²) in [6.07, 6.45) is 4.00. The number of carbonyl (C=O) groups excluding carboxylic acids is 1. The lowest BCUT2D eigenvalue weighted by Gasteiger charge is -2.21. The topological polar surface area (TPSA) is 62.1 Å². The number of nitrogens with one attached hydrogen (secondary N) is 1. The summed E-state index contributed by atoms with van der Waals surface area (Å²) >= 11 is 5.94. The summed E-state index contributed by atoms with van der Waals surface area (Å²) in [5.74, 6) is 0.821. The molecule has 2 aromatic carbocycles. The summed E-state index contributed by atoms with van der Waals surface area (Å²) in [6, 6.07) is 13.6. The molecule has 0 spiro atoms. The van der Waals surface area contributed by atoms with E-state index in [9.17, 15) is 9.18 Å². The van der Waals surface area contributed by atoms with E-state index < -0.39 is 0 Å². The first-order chi connectivity index (χ1) is 14.6. The summed E-state index contributed by atoms with van der Waals surface area (Å²) in [5.41, 5.74) is 2.12. The van der Waals surface area contributed by atoms with Crippen LogP contribution in [0.2, 0.25) is 5.02 Å². The lowest BCUT2D eigenvalue weighted by Crippen LogP contribution is -2.30. The first-order valence-electron chi connectivity index (χ1n) is 9.85. The fourth-order valence-corrected chi connectivity index (χ4v) is 4.12. The van der Waals surface area contributed by atoms with Crippen LogP contribution in [0.5, 0.6) is 0 Å². The third-order valence-electron chi connectivity index (χ3n) is 5.48. The Bertz CT molecular complexity index is 1210. The number of nitrogens with zero attached hydrogens (tertiary/aromatic N) is 2. The van der Waals surface area contributed by atoms with Crippen LogP contribution in [0.3, 0.4) is 0 Å². The third-order valence-corrected chi connectivity index (χ3v) is 5.73. The standard InChI is InChI=1S/C23H19ClFN3O2/c24-16-6-3-14(4-7-16)10-18-13-26-22(30-18)21-2-1-9-28(21)23(29)20-11-15-5-8-17(25)12-19(15)27-20/h3-8,11-13,21,27H,1-2,9-10H2/t21-/m0/s1. The molecule has 0 saturated carbocycles. The van der Waals surface area contributed by atoms with Crippen molar-refractivity contribution in [3.63, 3.8) is 0 Å². The number of aromatic nitrogens is 2. The van der Waals surface area contributed by atoms with E-state index in [1.165, 1.54) is 12.1 Å². The van der Waals surface area contributed by atoms with Gasteiger partial charge in [-0.25, -0.2) is 9.37 Å². The smallest absolute Gasteiger partial charge is 0.270 e. The van der Waals surface area contributed by atoms with Gasteiger partial charge in [0.25, 0.3) is 5.91 Å². The highest BCUT2D eigenvalue weighted by Crippen LogP contribution is 2.33. The zero-order valence-electron chi connectivity index (χ0n) is 16.1. The zero-order chi connectivity index (χ0) is 20.7. The number of fused-ring (bicyclic) bond motifs is 1. The maximum atomic E-state index is 13.5. The van der Waals surface area contributed by atoms with Gasteiger partial charge in [-0.3, -0.25) is 4.79 Å². The van der Waals surface area contributed by atoms with Gasteiger partial charge < -0.3 is 14.3 Å². The maximum Gasteiger partial charge on any atom is 0.270 e. The second-order valence-corrected chi connectivity index (χ2v) is 7.98. The van der Waals surface area contributed by atoms with Gasteiger partial charge >= 0.3 is 0 Å². The number of oxazole rings is 1. The zero-order valence-corrected chi connectivity index (χ0v) is 16.8. The normalized spacial score (nSPS) is 16.5. The molecule has 0 bridgehead atoms. The fourth-order valence-electron chi connectivity index (χ4n) is 4.00. The highest BCUT2D eigenvalue weighted by molar-refractivity contribution is 6.30. The van der Waals surface area contributed by atoms with E-state index in [1.54, 1.807) is 23.2 Å². The van der Waals surface area contributed by atoms with E-state index in [-0.39, 0.29) is 17.8 Å². The van der Waals surface area contributed by atoms with Crippen LogP contribution in [-0.4, -0.2) is 27.3 Å². The van der Waals surface area contributed by atoms with E-state index in [0.717, 1.165) is 29.6 Å². The minimum absolute atomic E-state index is 0.133. The SMILES string of the molecule is O=C(c1cc2ccc(F)cc2[nH]1)N1CCC[C@H]1c1ncc(Cc2ccc(Cl)cc2)o1. The molecule has 7 heteroatoms. The highest BCUT2D eigenvalue weighted by Gasteiger charge is 2.34. The van der Waals surface area contributed by atoms with Crippen LogP contribution >= 0.6 is 11.6 Å². The van der Waals surface area contributed by atoms with Crippen LogP contribution < -0.4 is 0 Å². The van der Waals surface area contributed by atoms with Crippen molar-refractivity contribution in [2.24, 2.45) is 0 Å². The molecule has 1 fully saturated rings. The van der Waals surface area contributed by atoms with E-state index in [4.69, 9.17) is 16.0 Å². The average molecular weight is 424 g/mol. The molecule has 1 N–H and O–H groups in total. The number of hydrogen-bond donors (Lipinski definition) is 1. The van der Waals surface area contributed by atoms with Crippen LogP contribution in [0.25, 0.3) is 10.9 Å². The van der Waals surface area contributed by atoms with Gasteiger partial charge in [-0.1, -0.05) is 23.7 Å². The van der Waals surface area contributed by atoms with Crippen molar-refractivity contribution in [1.29, 1.82) is 0 Å². The molecule has 1 amide bonds. The second-order valence-electron chi connectivity index (χ2n) is 7.54. The Morgan fingerprint density at radius 3 is 2.90 bits per heavy atom. The third kappa shape index (κ3) is 3.59. The Labute approximate surface area is 177 Å². The van der Waals surface area contributed by atoms with Crippen molar-refractivity contribution in [3.8, 4) is 0 Å². The number of rotatable bonds is 4. The van der Waals surface area contributed by atoms with Gasteiger partial charge in [-0.05, 0) is 54.8 Å². The van der Waals surface area contributed by atoms with Crippen molar-refractivity contribution >= 4 is 28.4 Å². The minimum atomic E-state index is -0.338. The molecule has 3 heterocycles. The Morgan fingerprint density at radius 1 is 1.23 bits per heavy atom. The number of likely N-dealkylation sites (tertiary alicyclic amines) is 1. The van der Waals surface area contributed by atoms with Gasteiger partial charge in [0.15, 0.2) is 0 Å². The lowest BCUT2D eigenvalue weighted by molar-refractivity contribution is 0.0709. The lowest BCUT2D eigenvalue weighted by atomic mass is 10.1. The van der Waals surface area contributed by atoms with E-state index in [0.29, 0.717) is 35.1 Å². The number of H-pyrrole nitrogens is 1. The fraction of sp³-hybridized carbons (Fsp3) is 0.217. The summed E-state index contributed by atoms with van der Waals surface area (Å²) in [5, 5.41) is 1.49. The predicted molar refractivity (Wildman–Crippen MR) is 112 cm³/mol. The molecule has 0 aliphatic carbocycles. The number of halogens is 2. The van der Waals surface area contributed by atoms with Crippen molar-refractivity contribution < 1.29 is 13.6 Å². The maximum absolute atomic E-state index is 13.5. The monoisotopic (exact) mass is 423 g/mol. The molecule has 1 atom stereocenters. The molecule has 1 saturated heterocycles. The molecule has 4 aromatic rings. The first kappa shape index (κ1) is 18.9. The second kappa shape index (κ2) is 7.61. The van der Waals surface area contributed by atoms with Crippen molar-refractivity contribution in [3.05, 3.63) is 88.5 Å². The van der Waals surface area contributed by atoms with Gasteiger partial charge in [0.05, 0.1) is 6.20 Å². The van der Waals surface area contributed by atoms with Crippen LogP contribution in [0, 0.1) is 5.82 Å². The van der Waals surface area contributed by atoms with Crippen LogP contribution in [0.1, 0.15) is 46.6 Å². The molecular formula is C23H19ClFN3O2.